The maximum atomic E-state index is 13.7. The van der Waals surface area contributed by atoms with Crippen molar-refractivity contribution in [1.82, 2.24) is 0 Å². The molecule has 176 valence electrons. The SMILES string of the molecule is CN(C(=O)c1c(OCc2ccccc2)cccc1OCc1ccccc1)c1ccc(C(=O)O)cc1. The Bertz CT molecular complexity index is 1230. The van der Waals surface area contributed by atoms with Crippen LogP contribution < -0.4 is 14.4 Å². The predicted molar refractivity (Wildman–Crippen MR) is 134 cm³/mol. The number of carboxylic acid groups (broad SMARTS) is 1. The van der Waals surface area contributed by atoms with E-state index in [2.05, 4.69) is 0 Å². The van der Waals surface area contributed by atoms with Crippen LogP contribution in [0.2, 0.25) is 0 Å². The Morgan fingerprint density at radius 3 is 1.63 bits per heavy atom. The lowest BCUT2D eigenvalue weighted by molar-refractivity contribution is 0.0696. The third-order valence-corrected chi connectivity index (χ3v) is 5.48. The first-order chi connectivity index (χ1) is 17.0. The van der Waals surface area contributed by atoms with E-state index in [1.165, 1.54) is 17.0 Å². The Hall–Kier alpha value is -4.58. The molecule has 0 atom stereocenters. The highest BCUT2D eigenvalue weighted by Gasteiger charge is 2.24. The average Bonchev–Trinajstić information content (AvgIpc) is 2.91. The van der Waals surface area contributed by atoms with Crippen molar-refractivity contribution in [3.05, 3.63) is 125 Å². The van der Waals surface area contributed by atoms with Crippen molar-refractivity contribution in [3.63, 3.8) is 0 Å². The van der Waals surface area contributed by atoms with Gasteiger partial charge in [0.25, 0.3) is 5.91 Å². The molecule has 0 unspecified atom stereocenters. The number of rotatable bonds is 9. The fourth-order valence-corrected chi connectivity index (χ4v) is 3.55. The minimum atomic E-state index is -1.03. The highest BCUT2D eigenvalue weighted by Crippen LogP contribution is 2.32. The molecule has 35 heavy (non-hydrogen) atoms. The summed E-state index contributed by atoms with van der Waals surface area (Å²) in [5.41, 5.74) is 2.93. The summed E-state index contributed by atoms with van der Waals surface area (Å²) in [5, 5.41) is 9.17. The van der Waals surface area contributed by atoms with Crippen molar-refractivity contribution in [2.75, 3.05) is 11.9 Å². The van der Waals surface area contributed by atoms with E-state index in [4.69, 9.17) is 14.6 Å². The lowest BCUT2D eigenvalue weighted by Gasteiger charge is -2.22. The number of hydrogen-bond acceptors (Lipinski definition) is 4. The smallest absolute Gasteiger partial charge is 0.335 e. The number of hydrogen-bond donors (Lipinski definition) is 1. The minimum Gasteiger partial charge on any atom is -0.488 e. The maximum absolute atomic E-state index is 13.7. The molecular weight excluding hydrogens is 442 g/mol. The number of amides is 1. The molecule has 0 aliphatic carbocycles. The number of benzene rings is 4. The van der Waals surface area contributed by atoms with Crippen LogP contribution in [0.15, 0.2) is 103 Å². The molecule has 6 nitrogen and oxygen atoms in total. The van der Waals surface area contributed by atoms with Crippen molar-refractivity contribution in [2.24, 2.45) is 0 Å². The number of carbonyl (C=O) groups excluding carboxylic acids is 1. The van der Waals surface area contributed by atoms with Gasteiger partial charge in [0, 0.05) is 12.7 Å². The quantitative estimate of drug-likeness (QED) is 0.336. The largest absolute Gasteiger partial charge is 0.488 e. The number of carboxylic acids is 1. The average molecular weight is 468 g/mol. The van der Waals surface area contributed by atoms with E-state index in [1.807, 2.05) is 60.7 Å². The van der Waals surface area contributed by atoms with Crippen LogP contribution in [-0.2, 0) is 13.2 Å². The third kappa shape index (κ3) is 5.86. The van der Waals surface area contributed by atoms with Gasteiger partial charge >= 0.3 is 5.97 Å². The molecule has 0 aromatic heterocycles. The first kappa shape index (κ1) is 23.6. The standard InChI is InChI=1S/C29H25NO5/c1-30(24-17-15-23(16-18-24)29(32)33)28(31)27-25(34-19-21-9-4-2-5-10-21)13-8-14-26(27)35-20-22-11-6-3-7-12-22/h2-18H,19-20H2,1H3,(H,32,33). The van der Waals surface area contributed by atoms with Crippen LogP contribution in [0.3, 0.4) is 0 Å². The molecule has 6 heteroatoms. The van der Waals surface area contributed by atoms with E-state index in [0.717, 1.165) is 11.1 Å². The maximum Gasteiger partial charge on any atom is 0.335 e. The third-order valence-electron chi connectivity index (χ3n) is 5.48. The Morgan fingerprint density at radius 1 is 0.686 bits per heavy atom. The lowest BCUT2D eigenvalue weighted by atomic mass is 10.1. The van der Waals surface area contributed by atoms with Gasteiger partial charge in [0.1, 0.15) is 30.3 Å². The van der Waals surface area contributed by atoms with Crippen LogP contribution in [0.5, 0.6) is 11.5 Å². The minimum absolute atomic E-state index is 0.146. The molecule has 0 spiro atoms. The van der Waals surface area contributed by atoms with E-state index >= 15 is 0 Å². The monoisotopic (exact) mass is 467 g/mol. The first-order valence-corrected chi connectivity index (χ1v) is 11.1. The van der Waals surface area contributed by atoms with E-state index in [0.29, 0.717) is 36.0 Å². The van der Waals surface area contributed by atoms with Gasteiger partial charge in [0.2, 0.25) is 0 Å². The molecule has 0 saturated heterocycles. The highest BCUT2D eigenvalue weighted by atomic mass is 16.5. The van der Waals surface area contributed by atoms with Gasteiger partial charge in [-0.1, -0.05) is 66.7 Å². The van der Waals surface area contributed by atoms with E-state index < -0.39 is 5.97 Å². The molecule has 4 rings (SSSR count). The van der Waals surface area contributed by atoms with Crippen molar-refractivity contribution >= 4 is 17.6 Å². The topological polar surface area (TPSA) is 76.1 Å². The van der Waals surface area contributed by atoms with Gasteiger partial charge in [-0.25, -0.2) is 4.79 Å². The molecule has 1 N–H and O–H groups in total. The fraction of sp³-hybridized carbons (Fsp3) is 0.103. The normalized spacial score (nSPS) is 10.4. The van der Waals surface area contributed by atoms with Gasteiger partial charge in [-0.05, 0) is 47.5 Å². The van der Waals surface area contributed by atoms with Crippen LogP contribution in [0, 0.1) is 0 Å². The highest BCUT2D eigenvalue weighted by molar-refractivity contribution is 6.09. The Balaban J connectivity index is 1.64. The van der Waals surface area contributed by atoms with Gasteiger partial charge in [0.05, 0.1) is 5.56 Å². The molecule has 0 radical (unpaired) electrons. The summed E-state index contributed by atoms with van der Waals surface area (Å²) in [6, 6.07) is 30.8. The summed E-state index contributed by atoms with van der Waals surface area (Å²) in [5.74, 6) is -0.557. The number of aromatic carboxylic acids is 1. The molecule has 0 saturated carbocycles. The van der Waals surface area contributed by atoms with Gasteiger partial charge in [-0.2, -0.15) is 0 Å². The summed E-state index contributed by atoms with van der Waals surface area (Å²) in [4.78, 5) is 26.3. The summed E-state index contributed by atoms with van der Waals surface area (Å²) < 4.78 is 12.1. The number of ether oxygens (including phenoxy) is 2. The van der Waals surface area contributed by atoms with Gasteiger partial charge in [-0.3, -0.25) is 4.79 Å². The summed E-state index contributed by atoms with van der Waals surface area (Å²) in [7, 11) is 1.63. The summed E-state index contributed by atoms with van der Waals surface area (Å²) in [6.07, 6.45) is 0. The van der Waals surface area contributed by atoms with Crippen molar-refractivity contribution in [1.29, 1.82) is 0 Å². The fourth-order valence-electron chi connectivity index (χ4n) is 3.55. The Morgan fingerprint density at radius 2 is 1.17 bits per heavy atom. The zero-order valence-electron chi connectivity index (χ0n) is 19.3. The van der Waals surface area contributed by atoms with Gasteiger partial charge in [-0.15, -0.1) is 0 Å². The van der Waals surface area contributed by atoms with Gasteiger partial charge < -0.3 is 19.5 Å². The molecular formula is C29H25NO5. The second-order valence-electron chi connectivity index (χ2n) is 7.89. The van der Waals surface area contributed by atoms with E-state index in [9.17, 15) is 9.59 Å². The number of nitrogens with zero attached hydrogens (tertiary/aromatic N) is 1. The predicted octanol–water partition coefficient (Wildman–Crippen LogP) is 5.82. The van der Waals surface area contributed by atoms with E-state index in [1.54, 1.807) is 37.4 Å². The number of carbonyl (C=O) groups is 2. The zero-order valence-corrected chi connectivity index (χ0v) is 19.3. The zero-order chi connectivity index (χ0) is 24.6. The molecule has 4 aromatic rings. The van der Waals surface area contributed by atoms with Crippen LogP contribution in [-0.4, -0.2) is 24.0 Å². The number of anilines is 1. The van der Waals surface area contributed by atoms with Crippen LogP contribution in [0.4, 0.5) is 5.69 Å². The lowest BCUT2D eigenvalue weighted by Crippen LogP contribution is -2.27. The van der Waals surface area contributed by atoms with Crippen LogP contribution in [0.25, 0.3) is 0 Å². The molecule has 0 bridgehead atoms. The second kappa shape index (κ2) is 11.0. The van der Waals surface area contributed by atoms with Crippen LogP contribution >= 0.6 is 0 Å². The van der Waals surface area contributed by atoms with Crippen molar-refractivity contribution in [2.45, 2.75) is 13.2 Å². The molecule has 0 fully saturated rings. The summed E-state index contributed by atoms with van der Waals surface area (Å²) >= 11 is 0. The van der Waals surface area contributed by atoms with Gasteiger partial charge in [0.15, 0.2) is 0 Å². The molecule has 0 aliphatic heterocycles. The van der Waals surface area contributed by atoms with E-state index in [-0.39, 0.29) is 11.5 Å². The molecule has 1 amide bonds. The Kier molecular flexibility index (Phi) is 7.43. The van der Waals surface area contributed by atoms with Crippen LogP contribution in [0.1, 0.15) is 31.8 Å². The summed E-state index contributed by atoms with van der Waals surface area (Å²) in [6.45, 7) is 0.584. The van der Waals surface area contributed by atoms with Crippen molar-refractivity contribution < 1.29 is 24.2 Å². The Labute approximate surface area is 204 Å². The molecule has 0 heterocycles. The molecule has 0 aliphatic rings. The van der Waals surface area contributed by atoms with Crippen molar-refractivity contribution in [3.8, 4) is 11.5 Å². The first-order valence-electron chi connectivity index (χ1n) is 11.1. The molecule has 4 aromatic carbocycles. The second-order valence-corrected chi connectivity index (χ2v) is 7.89.